The molecule has 1 amide bonds. The van der Waals surface area contributed by atoms with Gasteiger partial charge in [0.05, 0.1) is 11.0 Å². The molecular weight excluding hydrogens is 344 g/mol. The van der Waals surface area contributed by atoms with Crippen LogP contribution in [0.25, 0.3) is 0 Å². The molecule has 2 heterocycles. The number of anilines is 1. The summed E-state index contributed by atoms with van der Waals surface area (Å²) in [6.45, 7) is -6.09. The van der Waals surface area contributed by atoms with Gasteiger partial charge in [0.2, 0.25) is 5.91 Å². The number of piperidine rings is 1. The highest BCUT2D eigenvalue weighted by Crippen LogP contribution is 2.34. The first-order valence-corrected chi connectivity index (χ1v) is 8.83. The van der Waals surface area contributed by atoms with Gasteiger partial charge < -0.3 is 9.64 Å². The fourth-order valence-corrected chi connectivity index (χ4v) is 3.53. The SMILES string of the molecule is [2H]c1c([2H])c([2H])c(N(C(=O)C([2H])([2H])C([2H])([2H])[2H])C2(OC([2H])([2H])[2H])CCN(C([2H])([2H])Cc3cccs3)CC2)c([2H])c1[2H]. The van der Waals surface area contributed by atoms with Crippen molar-refractivity contribution in [2.45, 2.75) is 38.2 Å². The second-order valence-corrected chi connectivity index (χ2v) is 6.72. The lowest BCUT2D eigenvalue weighted by Crippen LogP contribution is -2.59. The summed E-state index contributed by atoms with van der Waals surface area (Å²) in [5, 5.41) is 1.78. The normalized spacial score (nSPS) is 27.6. The summed E-state index contributed by atoms with van der Waals surface area (Å²) in [5.41, 5.74) is -3.39. The molecule has 1 aromatic carbocycles. The Labute approximate surface area is 181 Å². The van der Waals surface area contributed by atoms with Crippen LogP contribution in [0.3, 0.4) is 0 Å². The fourth-order valence-electron chi connectivity index (χ4n) is 2.89. The van der Waals surface area contributed by atoms with E-state index in [1.807, 2.05) is 0 Å². The van der Waals surface area contributed by atoms with Crippen LogP contribution in [0.5, 0.6) is 0 Å². The lowest BCUT2D eigenvalue weighted by molar-refractivity contribution is -0.128. The third-order valence-corrected chi connectivity index (χ3v) is 5.10. The second kappa shape index (κ2) is 8.80. The molecule has 0 saturated carbocycles. The molecule has 1 aliphatic heterocycles. The third kappa shape index (κ3) is 4.17. The minimum absolute atomic E-state index is 0.0227. The summed E-state index contributed by atoms with van der Waals surface area (Å²) in [6, 6.07) is -1.22. The molecule has 140 valence electrons. The lowest BCUT2D eigenvalue weighted by Gasteiger charge is -2.47. The van der Waals surface area contributed by atoms with Crippen molar-refractivity contribution in [3.8, 4) is 0 Å². The first kappa shape index (κ1) is 7.74. The first-order valence-electron chi connectivity index (χ1n) is 15.4. The van der Waals surface area contributed by atoms with Gasteiger partial charge in [-0.25, -0.2) is 0 Å². The number of likely N-dealkylation sites (tertiary alicyclic amines) is 1. The van der Waals surface area contributed by atoms with Crippen LogP contribution in [0.15, 0.2) is 47.7 Å². The summed E-state index contributed by atoms with van der Waals surface area (Å²) in [4.78, 5) is 16.1. The van der Waals surface area contributed by atoms with E-state index >= 15 is 0 Å². The van der Waals surface area contributed by atoms with Crippen LogP contribution in [-0.2, 0) is 16.0 Å². The number of rotatable bonds is 7. The van der Waals surface area contributed by atoms with Gasteiger partial charge in [-0.1, -0.05) is 31.0 Å². The van der Waals surface area contributed by atoms with Gasteiger partial charge in [0.1, 0.15) is 5.72 Å². The minimum atomic E-state index is -3.70. The molecule has 0 spiro atoms. The van der Waals surface area contributed by atoms with Gasteiger partial charge in [0, 0.05) is 66.0 Å². The monoisotopic (exact) mass is 387 g/mol. The number of ether oxygens (including phenoxy) is 1. The molecule has 1 fully saturated rings. The molecular formula is C21H28N2O2S. The van der Waals surface area contributed by atoms with Gasteiger partial charge in [-0.2, -0.15) is 0 Å². The maximum atomic E-state index is 13.8. The van der Waals surface area contributed by atoms with Gasteiger partial charge in [-0.15, -0.1) is 11.3 Å². The smallest absolute Gasteiger partial charge is 0.229 e. The van der Waals surface area contributed by atoms with Crippen molar-refractivity contribution in [2.24, 2.45) is 0 Å². The Morgan fingerprint density at radius 2 is 2.23 bits per heavy atom. The van der Waals surface area contributed by atoms with Gasteiger partial charge in [-0.05, 0) is 30.0 Å². The first-order chi connectivity index (χ1) is 18.6. The zero-order chi connectivity index (χ0) is 31.3. The Hall–Kier alpha value is -1.69. The molecule has 0 atom stereocenters. The number of hydrogen-bond donors (Lipinski definition) is 0. The van der Waals surface area contributed by atoms with Gasteiger partial charge in [0.25, 0.3) is 0 Å². The third-order valence-electron chi connectivity index (χ3n) is 4.22. The van der Waals surface area contributed by atoms with E-state index in [9.17, 15) is 4.79 Å². The van der Waals surface area contributed by atoms with E-state index in [-0.39, 0.29) is 24.4 Å². The van der Waals surface area contributed by atoms with Crippen LogP contribution in [0.1, 0.15) is 51.5 Å². The largest absolute Gasteiger partial charge is 0.358 e. The minimum Gasteiger partial charge on any atom is -0.358 e. The molecule has 26 heavy (non-hydrogen) atoms. The summed E-state index contributed by atoms with van der Waals surface area (Å²) in [6.07, 6.45) is -4.78. The number of benzene rings is 1. The zero-order valence-corrected chi connectivity index (χ0v) is 14.7. The number of nitrogens with zero attached hydrogens (tertiary/aromatic N) is 2. The van der Waals surface area contributed by atoms with E-state index < -0.39 is 87.1 Å². The van der Waals surface area contributed by atoms with Crippen molar-refractivity contribution in [3.63, 3.8) is 0 Å². The number of hydrogen-bond acceptors (Lipinski definition) is 4. The van der Waals surface area contributed by atoms with Crippen LogP contribution in [0.4, 0.5) is 5.69 Å². The molecule has 5 heteroatoms. The van der Waals surface area contributed by atoms with E-state index in [1.54, 1.807) is 17.5 Å². The van der Waals surface area contributed by atoms with Crippen molar-refractivity contribution in [2.75, 3.05) is 31.5 Å². The Kier molecular flexibility index (Phi) is 2.62. The highest BCUT2D eigenvalue weighted by Gasteiger charge is 2.42. The standard InChI is InChI=1S/C21H28N2O2S/c1-3-20(24)23(18-8-5-4-6-9-18)21(25-2)12-15-22(16-13-21)14-11-19-10-7-17-26-19/h4-10,17H,3,11-16H2,1-2H3/i1D3,2D3,3D2,4D,5D,6D,8D,9D,14D2. The quantitative estimate of drug-likeness (QED) is 0.669. The number of carbonyl (C=O) groups is 1. The molecule has 1 aliphatic rings. The van der Waals surface area contributed by atoms with Crippen LogP contribution < -0.4 is 4.90 Å². The van der Waals surface area contributed by atoms with Crippen LogP contribution in [0, 0.1) is 0 Å². The van der Waals surface area contributed by atoms with Crippen LogP contribution in [-0.4, -0.2) is 43.2 Å². The maximum absolute atomic E-state index is 13.8. The summed E-state index contributed by atoms with van der Waals surface area (Å²) in [5.74, 6) is -1.89. The van der Waals surface area contributed by atoms with Crippen molar-refractivity contribution < 1.29 is 30.1 Å². The Morgan fingerprint density at radius 1 is 1.42 bits per heavy atom. The molecule has 0 N–H and O–H groups in total. The molecule has 0 radical (unpaired) electrons. The molecule has 2 aromatic rings. The van der Waals surface area contributed by atoms with Crippen molar-refractivity contribution in [1.29, 1.82) is 0 Å². The average molecular weight is 388 g/mol. The number of methoxy groups -OCH3 is 1. The molecule has 0 aliphatic carbocycles. The number of carbonyl (C=O) groups excluding carboxylic acids is 1. The summed E-state index contributed by atoms with van der Waals surface area (Å²) < 4.78 is 126. The highest BCUT2D eigenvalue weighted by atomic mass is 32.1. The van der Waals surface area contributed by atoms with Crippen molar-refractivity contribution in [1.82, 2.24) is 4.90 Å². The van der Waals surface area contributed by atoms with Crippen molar-refractivity contribution >= 4 is 22.9 Å². The number of aryl methyl sites for hydroxylation is 1. The zero-order valence-electron chi connectivity index (χ0n) is 28.9. The number of para-hydroxylation sites is 1. The Balaban J connectivity index is 2.22. The van der Waals surface area contributed by atoms with E-state index in [0.29, 0.717) is 0 Å². The molecule has 3 rings (SSSR count). The molecule has 4 nitrogen and oxygen atoms in total. The molecule has 0 unspecified atom stereocenters. The number of amides is 1. The second-order valence-electron chi connectivity index (χ2n) is 5.69. The predicted molar refractivity (Wildman–Crippen MR) is 108 cm³/mol. The maximum Gasteiger partial charge on any atom is 0.229 e. The Bertz CT molecular complexity index is 1240. The summed E-state index contributed by atoms with van der Waals surface area (Å²) >= 11 is 1.33. The lowest BCUT2D eigenvalue weighted by atomic mass is 9.96. The van der Waals surface area contributed by atoms with E-state index in [4.69, 9.17) is 25.3 Å². The van der Waals surface area contributed by atoms with Gasteiger partial charge in [0.15, 0.2) is 0 Å². The summed E-state index contributed by atoms with van der Waals surface area (Å²) in [7, 11) is -3.28. The van der Waals surface area contributed by atoms with E-state index in [2.05, 4.69) is 0 Å². The Morgan fingerprint density at radius 3 is 2.88 bits per heavy atom. The molecule has 0 bridgehead atoms. The van der Waals surface area contributed by atoms with Crippen molar-refractivity contribution in [3.05, 3.63) is 52.6 Å². The van der Waals surface area contributed by atoms with Crippen LogP contribution >= 0.6 is 11.3 Å². The van der Waals surface area contributed by atoms with E-state index in [1.165, 1.54) is 16.2 Å². The highest BCUT2D eigenvalue weighted by molar-refractivity contribution is 7.09. The van der Waals surface area contributed by atoms with Gasteiger partial charge >= 0.3 is 0 Å². The van der Waals surface area contributed by atoms with E-state index in [0.717, 1.165) is 4.88 Å². The average Bonchev–Trinajstić information content (AvgIpc) is 3.34. The predicted octanol–water partition coefficient (Wildman–Crippen LogP) is 4.17. The molecule has 1 saturated heterocycles. The van der Waals surface area contributed by atoms with Crippen LogP contribution in [0.2, 0.25) is 0 Å². The fraction of sp³-hybridized carbons (Fsp3) is 0.476. The molecule has 1 aromatic heterocycles. The number of thiophene rings is 1. The topological polar surface area (TPSA) is 32.8 Å². The van der Waals surface area contributed by atoms with Gasteiger partial charge in [-0.3, -0.25) is 9.69 Å².